The molecule has 2 rings (SSSR count). The lowest BCUT2D eigenvalue weighted by Gasteiger charge is -2.37. The van der Waals surface area contributed by atoms with Crippen LogP contribution in [0.1, 0.15) is 6.92 Å². The zero-order valence-corrected chi connectivity index (χ0v) is 8.78. The molecule has 0 spiro atoms. The van der Waals surface area contributed by atoms with Crippen LogP contribution >= 0.6 is 0 Å². The molecule has 0 aromatic rings. The van der Waals surface area contributed by atoms with E-state index in [-0.39, 0.29) is 6.61 Å². The van der Waals surface area contributed by atoms with Crippen LogP contribution in [0.4, 0.5) is 0 Å². The fourth-order valence-corrected chi connectivity index (χ4v) is 1.88. The smallest absolute Gasteiger partial charge is 0.332 e. The van der Waals surface area contributed by atoms with Crippen LogP contribution in [-0.4, -0.2) is 59.5 Å². The lowest BCUT2D eigenvalue weighted by atomic mass is 9.99. The molecule has 2 fully saturated rings. The lowest BCUT2D eigenvalue weighted by molar-refractivity contribution is -0.207. The summed E-state index contributed by atoms with van der Waals surface area (Å²) in [5, 5.41) is 18.6. The number of ether oxygens (including phenoxy) is 3. The Morgan fingerprint density at radius 2 is 2.31 bits per heavy atom. The summed E-state index contributed by atoms with van der Waals surface area (Å²) in [5.41, 5.74) is 5.77. The zero-order chi connectivity index (χ0) is 11.9. The third-order valence-corrected chi connectivity index (χ3v) is 2.85. The topological polar surface area (TPSA) is 111 Å². The van der Waals surface area contributed by atoms with Gasteiger partial charge in [-0.05, 0) is 6.92 Å². The van der Waals surface area contributed by atoms with E-state index in [0.717, 1.165) is 0 Å². The highest BCUT2D eigenvalue weighted by Crippen LogP contribution is 2.29. The van der Waals surface area contributed by atoms with E-state index >= 15 is 0 Å². The van der Waals surface area contributed by atoms with Crippen LogP contribution < -0.4 is 5.73 Å². The van der Waals surface area contributed by atoms with E-state index in [1.165, 1.54) is 6.92 Å². The highest BCUT2D eigenvalue weighted by molar-refractivity contribution is 5.71. The second-order valence-electron chi connectivity index (χ2n) is 4.03. The first kappa shape index (κ1) is 11.7. The lowest BCUT2D eigenvalue weighted by Crippen LogP contribution is -2.59. The number of aliphatic hydroxyl groups excluding tert-OH is 1. The molecule has 0 aromatic heterocycles. The van der Waals surface area contributed by atoms with Crippen LogP contribution in [0.2, 0.25) is 0 Å². The summed E-state index contributed by atoms with van der Waals surface area (Å²) in [4.78, 5) is 10.7. The standard InChI is InChI=1S/C9H15NO6/c1-3(8(12)13)15-7-5(10)9-14-2-4(16-9)6(7)11/h3-7,9,11H,2,10H2,1H3,(H,12,13). The van der Waals surface area contributed by atoms with Crippen molar-refractivity contribution in [3.05, 3.63) is 0 Å². The average molecular weight is 233 g/mol. The highest BCUT2D eigenvalue weighted by Gasteiger charge is 2.50. The van der Waals surface area contributed by atoms with Gasteiger partial charge < -0.3 is 30.2 Å². The molecule has 0 saturated carbocycles. The van der Waals surface area contributed by atoms with Gasteiger partial charge in [0.15, 0.2) is 12.4 Å². The van der Waals surface area contributed by atoms with Gasteiger partial charge in [0.2, 0.25) is 0 Å². The predicted octanol–water partition coefficient (Wildman–Crippen LogP) is -1.71. The summed E-state index contributed by atoms with van der Waals surface area (Å²) in [7, 11) is 0. The van der Waals surface area contributed by atoms with Crippen molar-refractivity contribution in [1.82, 2.24) is 0 Å². The van der Waals surface area contributed by atoms with E-state index in [4.69, 9.17) is 25.1 Å². The third kappa shape index (κ3) is 1.92. The SMILES string of the molecule is CC(OC1C(N)C2OCC(O2)C1O)C(=O)O. The molecule has 2 bridgehead atoms. The molecular formula is C9H15NO6. The summed E-state index contributed by atoms with van der Waals surface area (Å²) in [6, 6.07) is -0.685. The maximum absolute atomic E-state index is 10.7. The van der Waals surface area contributed by atoms with Crippen molar-refractivity contribution in [3.63, 3.8) is 0 Å². The molecule has 6 atom stereocenters. The minimum absolute atomic E-state index is 0.251. The van der Waals surface area contributed by atoms with Crippen molar-refractivity contribution in [2.75, 3.05) is 6.61 Å². The first-order chi connectivity index (χ1) is 7.50. The summed E-state index contributed by atoms with van der Waals surface area (Å²) in [6.45, 7) is 1.64. The van der Waals surface area contributed by atoms with Crippen molar-refractivity contribution in [1.29, 1.82) is 0 Å². The summed E-state index contributed by atoms with van der Waals surface area (Å²) < 4.78 is 15.7. The normalized spacial score (nSPS) is 44.3. The number of rotatable bonds is 3. The van der Waals surface area contributed by atoms with Crippen LogP contribution in [0.15, 0.2) is 0 Å². The monoisotopic (exact) mass is 233 g/mol. The fourth-order valence-electron chi connectivity index (χ4n) is 1.88. The van der Waals surface area contributed by atoms with Gasteiger partial charge in [-0.2, -0.15) is 0 Å². The van der Waals surface area contributed by atoms with Gasteiger partial charge in [0.25, 0.3) is 0 Å². The maximum Gasteiger partial charge on any atom is 0.332 e. The number of hydrogen-bond acceptors (Lipinski definition) is 6. The summed E-state index contributed by atoms with van der Waals surface area (Å²) in [6.07, 6.45) is -3.88. The number of fused-ring (bicyclic) bond motifs is 2. The Morgan fingerprint density at radius 3 is 2.94 bits per heavy atom. The van der Waals surface area contributed by atoms with Gasteiger partial charge in [0, 0.05) is 0 Å². The fraction of sp³-hybridized carbons (Fsp3) is 0.889. The summed E-state index contributed by atoms with van der Waals surface area (Å²) in [5.74, 6) is -1.10. The zero-order valence-electron chi connectivity index (χ0n) is 8.78. The molecule has 6 unspecified atom stereocenters. The second kappa shape index (κ2) is 4.27. The van der Waals surface area contributed by atoms with E-state index in [0.29, 0.717) is 0 Å². The molecule has 0 aromatic carbocycles. The molecule has 16 heavy (non-hydrogen) atoms. The van der Waals surface area contributed by atoms with Gasteiger partial charge in [0.1, 0.15) is 18.3 Å². The minimum Gasteiger partial charge on any atom is -0.479 e. The molecule has 2 aliphatic heterocycles. The second-order valence-corrected chi connectivity index (χ2v) is 4.03. The Morgan fingerprint density at radius 1 is 1.62 bits per heavy atom. The van der Waals surface area contributed by atoms with Gasteiger partial charge in [0.05, 0.1) is 12.6 Å². The molecule has 0 radical (unpaired) electrons. The highest BCUT2D eigenvalue weighted by atomic mass is 16.7. The molecular weight excluding hydrogens is 218 g/mol. The van der Waals surface area contributed by atoms with Crippen LogP contribution in [0.3, 0.4) is 0 Å². The van der Waals surface area contributed by atoms with Crippen molar-refractivity contribution >= 4 is 5.97 Å². The van der Waals surface area contributed by atoms with Crippen molar-refractivity contribution in [2.45, 2.75) is 43.7 Å². The first-order valence-corrected chi connectivity index (χ1v) is 5.09. The number of nitrogens with two attached hydrogens (primary N) is 1. The van der Waals surface area contributed by atoms with E-state index in [2.05, 4.69) is 0 Å². The van der Waals surface area contributed by atoms with Crippen LogP contribution in [0.25, 0.3) is 0 Å². The molecule has 0 aliphatic carbocycles. The molecule has 7 heteroatoms. The van der Waals surface area contributed by atoms with Crippen LogP contribution in [0.5, 0.6) is 0 Å². The van der Waals surface area contributed by atoms with Gasteiger partial charge >= 0.3 is 5.97 Å². The quantitative estimate of drug-likeness (QED) is 0.532. The Labute approximate surface area is 92.1 Å². The van der Waals surface area contributed by atoms with Crippen molar-refractivity contribution in [3.8, 4) is 0 Å². The van der Waals surface area contributed by atoms with Gasteiger partial charge in [-0.3, -0.25) is 0 Å². The number of carboxylic acids is 1. The van der Waals surface area contributed by atoms with Gasteiger partial charge in [-0.15, -0.1) is 0 Å². The maximum atomic E-state index is 10.7. The van der Waals surface area contributed by atoms with Crippen molar-refractivity contribution < 1.29 is 29.2 Å². The molecule has 92 valence electrons. The first-order valence-electron chi connectivity index (χ1n) is 5.09. The number of aliphatic hydroxyl groups is 1. The average Bonchev–Trinajstić information content (AvgIpc) is 2.68. The van der Waals surface area contributed by atoms with E-state index < -0.39 is 42.7 Å². The Balaban J connectivity index is 2.05. The molecule has 7 nitrogen and oxygen atoms in total. The summed E-state index contributed by atoms with van der Waals surface area (Å²) >= 11 is 0. The van der Waals surface area contributed by atoms with Gasteiger partial charge in [-0.25, -0.2) is 4.79 Å². The van der Waals surface area contributed by atoms with E-state index in [1.54, 1.807) is 0 Å². The molecule has 2 aliphatic rings. The minimum atomic E-state index is -1.10. The number of aliphatic carboxylic acids is 1. The largest absolute Gasteiger partial charge is 0.479 e. The van der Waals surface area contributed by atoms with Gasteiger partial charge in [-0.1, -0.05) is 0 Å². The van der Waals surface area contributed by atoms with E-state index in [1.807, 2.05) is 0 Å². The predicted molar refractivity (Wildman–Crippen MR) is 50.6 cm³/mol. The number of carbonyl (C=O) groups is 1. The molecule has 0 amide bonds. The number of carboxylic acid groups (broad SMARTS) is 1. The number of hydrogen-bond donors (Lipinski definition) is 3. The van der Waals surface area contributed by atoms with Crippen LogP contribution in [0, 0.1) is 0 Å². The Bertz CT molecular complexity index is 269. The molecule has 2 saturated heterocycles. The Kier molecular flexibility index (Phi) is 3.13. The van der Waals surface area contributed by atoms with Crippen molar-refractivity contribution in [2.24, 2.45) is 5.73 Å². The van der Waals surface area contributed by atoms with Crippen LogP contribution in [-0.2, 0) is 19.0 Å². The van der Waals surface area contributed by atoms with E-state index in [9.17, 15) is 9.90 Å². The molecule has 2 heterocycles. The third-order valence-electron chi connectivity index (χ3n) is 2.85. The Hall–Kier alpha value is -0.730. The molecule has 4 N–H and O–H groups in total.